The average molecular weight is 490 g/mol. The van der Waals surface area contributed by atoms with Crippen LogP contribution in [-0.4, -0.2) is 24.7 Å². The summed E-state index contributed by atoms with van der Waals surface area (Å²) in [5.41, 5.74) is -1.04. The zero-order valence-electron chi connectivity index (χ0n) is 17.4. The minimum Gasteiger partial charge on any atom is -0.434 e. The number of halogens is 5. The van der Waals surface area contributed by atoms with Gasteiger partial charge in [-0.15, -0.1) is 0 Å². The van der Waals surface area contributed by atoms with E-state index in [0.717, 1.165) is 22.5 Å². The average Bonchev–Trinajstić information content (AvgIpc) is 3.18. The number of hydrogen-bond donors (Lipinski definition) is 0. The summed E-state index contributed by atoms with van der Waals surface area (Å²) in [5.74, 6) is -1.07. The van der Waals surface area contributed by atoms with Gasteiger partial charge in [-0.25, -0.2) is 24.0 Å². The van der Waals surface area contributed by atoms with Crippen molar-refractivity contribution >= 4 is 33.7 Å². The van der Waals surface area contributed by atoms with Crippen LogP contribution in [0, 0.1) is 19.7 Å². The SMILES string of the molecule is Cc1cc2c(nc1C)c(=O)c(-c1nc3cnc(C(F)(F)F)cc3o1)nn2-c1ccc(Cl)cc1F. The number of nitrogens with zero attached hydrogens (tertiary/aromatic N) is 5. The predicted molar refractivity (Wildman–Crippen MR) is 115 cm³/mol. The molecule has 0 fully saturated rings. The van der Waals surface area contributed by atoms with Gasteiger partial charge in [0.05, 0.1) is 11.7 Å². The second kappa shape index (κ2) is 7.59. The second-order valence-electron chi connectivity index (χ2n) is 7.50. The van der Waals surface area contributed by atoms with Crippen molar-refractivity contribution in [1.29, 1.82) is 0 Å². The summed E-state index contributed by atoms with van der Waals surface area (Å²) in [5, 5.41) is 4.41. The number of pyridine rings is 2. The van der Waals surface area contributed by atoms with Crippen LogP contribution in [0.4, 0.5) is 17.6 Å². The van der Waals surface area contributed by atoms with E-state index >= 15 is 0 Å². The number of hydrogen-bond acceptors (Lipinski definition) is 6. The largest absolute Gasteiger partial charge is 0.434 e. The van der Waals surface area contributed by atoms with Gasteiger partial charge in [0.2, 0.25) is 5.43 Å². The Balaban J connectivity index is 1.82. The van der Waals surface area contributed by atoms with Crippen LogP contribution in [0.3, 0.4) is 0 Å². The fourth-order valence-corrected chi connectivity index (χ4v) is 3.55. The van der Waals surface area contributed by atoms with Crippen molar-refractivity contribution in [3.63, 3.8) is 0 Å². The van der Waals surface area contributed by atoms with Crippen LogP contribution in [0.5, 0.6) is 0 Å². The lowest BCUT2D eigenvalue weighted by Gasteiger charge is -2.13. The summed E-state index contributed by atoms with van der Waals surface area (Å²) in [6.07, 6.45) is -3.81. The van der Waals surface area contributed by atoms with E-state index in [1.807, 2.05) is 0 Å². The van der Waals surface area contributed by atoms with Gasteiger partial charge in [-0.05, 0) is 43.7 Å². The van der Waals surface area contributed by atoms with Crippen LogP contribution in [0.2, 0.25) is 5.02 Å². The molecular formula is C22H12ClF4N5O2. The predicted octanol–water partition coefficient (Wildman–Crippen LogP) is 5.41. The molecule has 12 heteroatoms. The monoisotopic (exact) mass is 489 g/mol. The fourth-order valence-electron chi connectivity index (χ4n) is 3.40. The van der Waals surface area contributed by atoms with Gasteiger partial charge in [0.15, 0.2) is 11.3 Å². The summed E-state index contributed by atoms with van der Waals surface area (Å²) in [4.78, 5) is 25.0. The summed E-state index contributed by atoms with van der Waals surface area (Å²) in [7, 11) is 0. The lowest BCUT2D eigenvalue weighted by Crippen LogP contribution is -2.18. The molecule has 0 N–H and O–H groups in total. The van der Waals surface area contributed by atoms with Crippen molar-refractivity contribution in [3.8, 4) is 17.3 Å². The molecule has 0 unspecified atom stereocenters. The molecule has 0 radical (unpaired) electrons. The van der Waals surface area contributed by atoms with Gasteiger partial charge in [0.1, 0.15) is 28.2 Å². The highest BCUT2D eigenvalue weighted by Gasteiger charge is 2.33. The molecule has 34 heavy (non-hydrogen) atoms. The molecule has 0 saturated heterocycles. The van der Waals surface area contributed by atoms with E-state index in [9.17, 15) is 22.4 Å². The van der Waals surface area contributed by atoms with Crippen molar-refractivity contribution in [2.75, 3.05) is 0 Å². The molecule has 4 aromatic heterocycles. The Morgan fingerprint density at radius 3 is 2.56 bits per heavy atom. The molecular weight excluding hydrogens is 478 g/mol. The highest BCUT2D eigenvalue weighted by molar-refractivity contribution is 6.30. The van der Waals surface area contributed by atoms with Gasteiger partial charge < -0.3 is 4.42 Å². The first kappa shape index (κ1) is 22.0. The van der Waals surface area contributed by atoms with Crippen LogP contribution in [0.1, 0.15) is 17.0 Å². The molecule has 172 valence electrons. The van der Waals surface area contributed by atoms with Crippen molar-refractivity contribution in [3.05, 3.63) is 74.5 Å². The Bertz CT molecular complexity index is 1680. The Morgan fingerprint density at radius 2 is 1.85 bits per heavy atom. The van der Waals surface area contributed by atoms with E-state index in [1.54, 1.807) is 19.9 Å². The smallest absolute Gasteiger partial charge is 0.433 e. The summed E-state index contributed by atoms with van der Waals surface area (Å²) >= 11 is 5.87. The Morgan fingerprint density at radius 1 is 1.09 bits per heavy atom. The molecule has 0 aliphatic heterocycles. The Kier molecular flexibility index (Phi) is 4.90. The minimum absolute atomic E-state index is 0.0124. The maximum Gasteiger partial charge on any atom is 0.433 e. The number of benzene rings is 1. The molecule has 4 heterocycles. The number of aromatic nitrogens is 5. The zero-order chi connectivity index (χ0) is 24.4. The number of oxazole rings is 1. The first-order valence-corrected chi connectivity index (χ1v) is 10.1. The van der Waals surface area contributed by atoms with Crippen molar-refractivity contribution in [2.24, 2.45) is 0 Å². The van der Waals surface area contributed by atoms with E-state index in [-0.39, 0.29) is 44.4 Å². The van der Waals surface area contributed by atoms with Crippen LogP contribution in [0.25, 0.3) is 39.4 Å². The maximum atomic E-state index is 14.8. The first-order chi connectivity index (χ1) is 16.0. The number of rotatable bonds is 2. The summed E-state index contributed by atoms with van der Waals surface area (Å²) < 4.78 is 60.5. The number of fused-ring (bicyclic) bond motifs is 2. The third-order valence-electron chi connectivity index (χ3n) is 5.21. The molecule has 0 aliphatic rings. The van der Waals surface area contributed by atoms with Crippen LogP contribution >= 0.6 is 11.6 Å². The molecule has 0 saturated carbocycles. The topological polar surface area (TPSA) is 86.7 Å². The van der Waals surface area contributed by atoms with Crippen LogP contribution < -0.4 is 5.43 Å². The van der Waals surface area contributed by atoms with Gasteiger partial charge in [-0.3, -0.25) is 4.79 Å². The Hall–Kier alpha value is -3.86. The van der Waals surface area contributed by atoms with Crippen molar-refractivity contribution in [2.45, 2.75) is 20.0 Å². The summed E-state index contributed by atoms with van der Waals surface area (Å²) in [6.45, 7) is 3.47. The first-order valence-electron chi connectivity index (χ1n) is 9.74. The fraction of sp³-hybridized carbons (Fsp3) is 0.136. The van der Waals surface area contributed by atoms with Crippen LogP contribution in [0.15, 0.2) is 45.7 Å². The maximum absolute atomic E-state index is 14.8. The highest BCUT2D eigenvalue weighted by Crippen LogP contribution is 2.31. The van der Waals surface area contributed by atoms with E-state index in [0.29, 0.717) is 11.8 Å². The van der Waals surface area contributed by atoms with Gasteiger partial charge in [-0.2, -0.15) is 18.3 Å². The van der Waals surface area contributed by atoms with E-state index in [2.05, 4.69) is 20.1 Å². The molecule has 0 atom stereocenters. The molecule has 5 aromatic rings. The molecule has 0 amide bonds. The Labute approximate surface area is 192 Å². The second-order valence-corrected chi connectivity index (χ2v) is 7.93. The summed E-state index contributed by atoms with van der Waals surface area (Å²) in [6, 6.07) is 6.22. The quantitative estimate of drug-likeness (QED) is 0.308. The number of aryl methyl sites for hydroxylation is 2. The lowest BCUT2D eigenvalue weighted by atomic mass is 10.1. The molecule has 0 spiro atoms. The van der Waals surface area contributed by atoms with E-state index < -0.39 is 23.1 Å². The number of alkyl halides is 3. The van der Waals surface area contributed by atoms with Gasteiger partial charge in [0.25, 0.3) is 5.89 Å². The van der Waals surface area contributed by atoms with Gasteiger partial charge >= 0.3 is 6.18 Å². The van der Waals surface area contributed by atoms with Crippen molar-refractivity contribution in [1.82, 2.24) is 24.7 Å². The van der Waals surface area contributed by atoms with Crippen molar-refractivity contribution < 1.29 is 22.0 Å². The molecule has 7 nitrogen and oxygen atoms in total. The standard InChI is InChI=1S/C22H12ClF4N5O2/c1-9-5-15-18(29-10(9)2)20(33)19(31-32(15)14-4-3-11(23)6-12(14)24)21-30-13-8-28-17(22(25,26)27)7-16(13)34-21/h3-8H,1-2H3. The van der Waals surface area contributed by atoms with Gasteiger partial charge in [-0.1, -0.05) is 11.6 Å². The normalized spacial score (nSPS) is 12.1. The highest BCUT2D eigenvalue weighted by atomic mass is 35.5. The lowest BCUT2D eigenvalue weighted by molar-refractivity contribution is -0.141. The third kappa shape index (κ3) is 3.58. The molecule has 5 rings (SSSR count). The van der Waals surface area contributed by atoms with E-state index in [4.69, 9.17) is 16.0 Å². The molecule has 0 aliphatic carbocycles. The molecule has 1 aromatic carbocycles. The third-order valence-corrected chi connectivity index (χ3v) is 5.45. The van der Waals surface area contributed by atoms with Crippen LogP contribution in [-0.2, 0) is 6.18 Å². The van der Waals surface area contributed by atoms with E-state index in [1.165, 1.54) is 12.1 Å². The molecule has 0 bridgehead atoms. The van der Waals surface area contributed by atoms with Gasteiger partial charge in [0, 0.05) is 16.8 Å². The zero-order valence-corrected chi connectivity index (χ0v) is 18.2. The minimum atomic E-state index is -4.69.